The van der Waals surface area contributed by atoms with Gasteiger partial charge in [-0.05, 0) is 12.5 Å². The van der Waals surface area contributed by atoms with Crippen LogP contribution in [0.15, 0.2) is 42.7 Å². The third-order valence-electron chi connectivity index (χ3n) is 3.50. The van der Waals surface area contributed by atoms with Gasteiger partial charge < -0.3 is 15.4 Å². The molecule has 5 nitrogen and oxygen atoms in total. The van der Waals surface area contributed by atoms with Gasteiger partial charge in [0.2, 0.25) is 5.88 Å². The first-order valence-corrected chi connectivity index (χ1v) is 7.26. The third kappa shape index (κ3) is 3.77. The van der Waals surface area contributed by atoms with Gasteiger partial charge in [-0.25, -0.2) is 4.98 Å². The molecule has 1 aromatic heterocycles. The maximum Gasteiger partial charge on any atom is 0.232 e. The van der Waals surface area contributed by atoms with Crippen LogP contribution in [0.2, 0.25) is 0 Å². The predicted molar refractivity (Wildman–Crippen MR) is 81.0 cm³/mol. The molecule has 2 unspecified atom stereocenters. The molecule has 2 heterocycles. The summed E-state index contributed by atoms with van der Waals surface area (Å²) in [7, 11) is 0. The summed E-state index contributed by atoms with van der Waals surface area (Å²) >= 11 is 0. The lowest BCUT2D eigenvalue weighted by Crippen LogP contribution is -2.48. The van der Waals surface area contributed by atoms with Crippen LogP contribution in [0.25, 0.3) is 0 Å². The molecule has 1 saturated heterocycles. The first kappa shape index (κ1) is 14.0. The van der Waals surface area contributed by atoms with E-state index in [1.54, 1.807) is 12.4 Å². The van der Waals surface area contributed by atoms with Crippen molar-refractivity contribution >= 4 is 0 Å². The second kappa shape index (κ2) is 6.65. The lowest BCUT2D eigenvalue weighted by molar-refractivity contribution is 0.287. The lowest BCUT2D eigenvalue weighted by atomic mass is 10.1. The zero-order valence-electron chi connectivity index (χ0n) is 12.1. The van der Waals surface area contributed by atoms with Crippen LogP contribution in [0.5, 0.6) is 5.88 Å². The summed E-state index contributed by atoms with van der Waals surface area (Å²) in [6, 6.07) is 10.7. The fourth-order valence-corrected chi connectivity index (χ4v) is 2.43. The smallest absolute Gasteiger partial charge is 0.232 e. The highest BCUT2D eigenvalue weighted by Gasteiger charge is 2.20. The normalized spacial score (nSPS) is 22.0. The average molecular weight is 284 g/mol. The monoisotopic (exact) mass is 284 g/mol. The van der Waals surface area contributed by atoms with Crippen molar-refractivity contribution in [2.75, 3.05) is 13.1 Å². The summed E-state index contributed by atoms with van der Waals surface area (Å²) in [5.41, 5.74) is 2.04. The third-order valence-corrected chi connectivity index (χ3v) is 3.50. The summed E-state index contributed by atoms with van der Waals surface area (Å²) in [6.07, 6.45) is 3.46. The number of nitrogens with zero attached hydrogens (tertiary/aromatic N) is 2. The van der Waals surface area contributed by atoms with Gasteiger partial charge in [-0.1, -0.05) is 30.3 Å². The number of piperazine rings is 1. The van der Waals surface area contributed by atoms with E-state index in [1.165, 1.54) is 0 Å². The van der Waals surface area contributed by atoms with Crippen LogP contribution in [0.1, 0.15) is 24.2 Å². The van der Waals surface area contributed by atoms with E-state index in [-0.39, 0.29) is 6.04 Å². The van der Waals surface area contributed by atoms with E-state index in [4.69, 9.17) is 4.74 Å². The minimum atomic E-state index is 0.182. The molecule has 1 aromatic carbocycles. The van der Waals surface area contributed by atoms with E-state index in [0.29, 0.717) is 18.5 Å². The maximum absolute atomic E-state index is 5.73. The van der Waals surface area contributed by atoms with Gasteiger partial charge in [-0.2, -0.15) is 0 Å². The Kier molecular flexibility index (Phi) is 4.43. The quantitative estimate of drug-likeness (QED) is 0.894. The molecule has 2 N–H and O–H groups in total. The molecule has 1 aliphatic rings. The number of benzene rings is 1. The average Bonchev–Trinajstić information content (AvgIpc) is 2.54. The Bertz CT molecular complexity index is 575. The standard InChI is InChI=1S/C16H20N4O/c1-12-7-17-8-14(19-12)15-9-18-10-16(20-15)21-11-13-5-3-2-4-6-13/h2-6,9-10,12,14,17,19H,7-8,11H2,1H3. The summed E-state index contributed by atoms with van der Waals surface area (Å²) in [4.78, 5) is 8.80. The molecule has 3 rings (SSSR count). The van der Waals surface area contributed by atoms with Crippen molar-refractivity contribution in [3.05, 3.63) is 54.0 Å². The zero-order chi connectivity index (χ0) is 14.5. The molecule has 21 heavy (non-hydrogen) atoms. The molecular formula is C16H20N4O. The van der Waals surface area contributed by atoms with E-state index in [1.807, 2.05) is 30.3 Å². The summed E-state index contributed by atoms with van der Waals surface area (Å²) < 4.78 is 5.73. The van der Waals surface area contributed by atoms with Crippen LogP contribution in [0.4, 0.5) is 0 Å². The van der Waals surface area contributed by atoms with E-state index in [9.17, 15) is 0 Å². The van der Waals surface area contributed by atoms with Crippen molar-refractivity contribution in [3.8, 4) is 5.88 Å². The van der Waals surface area contributed by atoms with E-state index < -0.39 is 0 Å². The van der Waals surface area contributed by atoms with E-state index in [2.05, 4.69) is 27.5 Å². The van der Waals surface area contributed by atoms with Gasteiger partial charge in [0.05, 0.1) is 24.1 Å². The van der Waals surface area contributed by atoms with Crippen LogP contribution in [0.3, 0.4) is 0 Å². The van der Waals surface area contributed by atoms with Gasteiger partial charge in [-0.3, -0.25) is 4.98 Å². The van der Waals surface area contributed by atoms with Crippen molar-refractivity contribution in [1.29, 1.82) is 0 Å². The predicted octanol–water partition coefficient (Wildman–Crippen LogP) is 1.68. The summed E-state index contributed by atoms with van der Waals surface area (Å²) in [5.74, 6) is 0.566. The highest BCUT2D eigenvalue weighted by atomic mass is 16.5. The van der Waals surface area contributed by atoms with Crippen molar-refractivity contribution < 1.29 is 4.74 Å². The maximum atomic E-state index is 5.73. The molecule has 2 aromatic rings. The van der Waals surface area contributed by atoms with Crippen LogP contribution in [-0.2, 0) is 6.61 Å². The van der Waals surface area contributed by atoms with Crippen LogP contribution in [-0.4, -0.2) is 29.1 Å². The van der Waals surface area contributed by atoms with E-state index >= 15 is 0 Å². The van der Waals surface area contributed by atoms with Gasteiger partial charge >= 0.3 is 0 Å². The number of hydrogen-bond donors (Lipinski definition) is 2. The number of ether oxygens (including phenoxy) is 1. The molecule has 1 aliphatic heterocycles. The molecule has 0 radical (unpaired) electrons. The van der Waals surface area contributed by atoms with Crippen LogP contribution >= 0.6 is 0 Å². The lowest BCUT2D eigenvalue weighted by Gasteiger charge is -2.29. The van der Waals surface area contributed by atoms with Gasteiger partial charge in [0, 0.05) is 19.1 Å². The molecule has 0 amide bonds. The molecule has 0 aliphatic carbocycles. The first-order chi connectivity index (χ1) is 10.3. The Hall–Kier alpha value is -1.98. The molecule has 0 spiro atoms. The second-order valence-corrected chi connectivity index (χ2v) is 5.33. The highest BCUT2D eigenvalue weighted by molar-refractivity contribution is 5.16. The Morgan fingerprint density at radius 1 is 1.19 bits per heavy atom. The minimum Gasteiger partial charge on any atom is -0.472 e. The summed E-state index contributed by atoms with van der Waals surface area (Å²) in [6.45, 7) is 4.50. The van der Waals surface area contributed by atoms with Gasteiger partial charge in [0.1, 0.15) is 6.61 Å². The fourth-order valence-electron chi connectivity index (χ4n) is 2.43. The largest absolute Gasteiger partial charge is 0.472 e. The minimum absolute atomic E-state index is 0.182. The highest BCUT2D eigenvalue weighted by Crippen LogP contribution is 2.16. The SMILES string of the molecule is CC1CNCC(c2cncc(OCc3ccccc3)n2)N1. The van der Waals surface area contributed by atoms with Crippen LogP contribution < -0.4 is 15.4 Å². The molecular weight excluding hydrogens is 264 g/mol. The molecule has 2 atom stereocenters. The molecule has 0 bridgehead atoms. The number of hydrogen-bond acceptors (Lipinski definition) is 5. The van der Waals surface area contributed by atoms with E-state index in [0.717, 1.165) is 24.3 Å². The topological polar surface area (TPSA) is 59.1 Å². The number of rotatable bonds is 4. The number of nitrogens with one attached hydrogen (secondary N) is 2. The molecule has 1 fully saturated rings. The second-order valence-electron chi connectivity index (χ2n) is 5.33. The zero-order valence-corrected chi connectivity index (χ0v) is 12.1. The van der Waals surface area contributed by atoms with Gasteiger partial charge in [0.15, 0.2) is 0 Å². The fraction of sp³-hybridized carbons (Fsp3) is 0.375. The van der Waals surface area contributed by atoms with Crippen molar-refractivity contribution in [3.63, 3.8) is 0 Å². The van der Waals surface area contributed by atoms with Crippen LogP contribution in [0, 0.1) is 0 Å². The molecule has 5 heteroatoms. The molecule has 110 valence electrons. The Morgan fingerprint density at radius 2 is 2.05 bits per heavy atom. The van der Waals surface area contributed by atoms with Gasteiger partial charge in [0.25, 0.3) is 0 Å². The first-order valence-electron chi connectivity index (χ1n) is 7.26. The van der Waals surface area contributed by atoms with Crippen molar-refractivity contribution in [1.82, 2.24) is 20.6 Å². The Labute approximate surface area is 124 Å². The Morgan fingerprint density at radius 3 is 2.86 bits per heavy atom. The Balaban J connectivity index is 1.65. The van der Waals surface area contributed by atoms with Gasteiger partial charge in [-0.15, -0.1) is 0 Å². The molecule has 0 saturated carbocycles. The summed E-state index contributed by atoms with van der Waals surface area (Å²) in [5, 5.41) is 6.90. The van der Waals surface area contributed by atoms with Crippen molar-refractivity contribution in [2.24, 2.45) is 0 Å². The number of aromatic nitrogens is 2. The van der Waals surface area contributed by atoms with Crippen molar-refractivity contribution in [2.45, 2.75) is 25.6 Å².